The van der Waals surface area contributed by atoms with Crippen LogP contribution in [0.1, 0.15) is 52.5 Å². The fraction of sp³-hybridized carbons (Fsp3) is 0.464. The van der Waals surface area contributed by atoms with E-state index in [0.29, 0.717) is 18.3 Å². The normalized spacial score (nSPS) is 27.8. The predicted octanol–water partition coefficient (Wildman–Crippen LogP) is 7.38. The number of thiol groups is 1. The van der Waals surface area contributed by atoms with Gasteiger partial charge in [-0.2, -0.15) is 0 Å². The third-order valence-electron chi connectivity index (χ3n) is 8.36. The third kappa shape index (κ3) is 3.55. The van der Waals surface area contributed by atoms with E-state index >= 15 is 0 Å². The lowest BCUT2D eigenvalue weighted by molar-refractivity contribution is -0.159. The molecule has 5 rings (SSSR count). The quantitative estimate of drug-likeness (QED) is 0.264. The second-order valence-corrected chi connectivity index (χ2v) is 10.9. The summed E-state index contributed by atoms with van der Waals surface area (Å²) in [5.41, 5.74) is 0.357. The van der Waals surface area contributed by atoms with Crippen molar-refractivity contribution in [3.63, 3.8) is 0 Å². The Hall–Kier alpha value is -2.00. The predicted molar refractivity (Wildman–Crippen MR) is 130 cm³/mol. The van der Waals surface area contributed by atoms with Gasteiger partial charge in [0.05, 0.1) is 0 Å². The first-order valence-corrected chi connectivity index (χ1v) is 12.1. The van der Waals surface area contributed by atoms with Crippen molar-refractivity contribution in [3.05, 3.63) is 54.1 Å². The summed E-state index contributed by atoms with van der Waals surface area (Å²) < 4.78 is 6.06. The van der Waals surface area contributed by atoms with Crippen LogP contribution in [0.15, 0.2) is 53.4 Å². The first-order chi connectivity index (χ1) is 14.7. The number of rotatable bonds is 4. The fourth-order valence-electron chi connectivity index (χ4n) is 6.35. The average Bonchev–Trinajstić information content (AvgIpc) is 3.26. The molecule has 0 aromatic heterocycles. The first kappa shape index (κ1) is 20.9. The summed E-state index contributed by atoms with van der Waals surface area (Å²) in [6.07, 6.45) is 3.05. The molecule has 0 spiro atoms. The van der Waals surface area contributed by atoms with E-state index in [1.54, 1.807) is 0 Å². The van der Waals surface area contributed by atoms with Gasteiger partial charge in [0, 0.05) is 11.3 Å². The molecule has 2 fully saturated rings. The van der Waals surface area contributed by atoms with Crippen LogP contribution in [0, 0.1) is 29.6 Å². The summed E-state index contributed by atoms with van der Waals surface area (Å²) in [7, 11) is 0. The maximum Gasteiger partial charge on any atom is 0.306 e. The monoisotopic (exact) mass is 432 g/mol. The molecule has 162 valence electrons. The summed E-state index contributed by atoms with van der Waals surface area (Å²) in [5.74, 6) is 3.47. The largest absolute Gasteiger partial charge is 0.455 e. The highest BCUT2D eigenvalue weighted by Crippen LogP contribution is 2.56. The number of hydrogen-bond acceptors (Lipinski definition) is 3. The number of benzene rings is 3. The summed E-state index contributed by atoms with van der Waals surface area (Å²) in [6, 6.07) is 16.8. The summed E-state index contributed by atoms with van der Waals surface area (Å²) >= 11 is 4.79. The number of esters is 1. The van der Waals surface area contributed by atoms with Gasteiger partial charge in [-0.1, -0.05) is 50.2 Å². The molecule has 3 heteroatoms. The Morgan fingerprint density at radius 1 is 1.00 bits per heavy atom. The van der Waals surface area contributed by atoms with Crippen LogP contribution in [-0.4, -0.2) is 5.97 Å². The van der Waals surface area contributed by atoms with Crippen molar-refractivity contribution in [1.82, 2.24) is 0 Å². The highest BCUT2D eigenvalue weighted by molar-refractivity contribution is 7.80. The van der Waals surface area contributed by atoms with Gasteiger partial charge >= 0.3 is 5.97 Å². The molecule has 3 aromatic rings. The number of hydrogen-bond donors (Lipinski definition) is 1. The first-order valence-electron chi connectivity index (χ1n) is 11.6. The molecule has 0 aliphatic heterocycles. The molecule has 2 bridgehead atoms. The standard InChI is InChI=1S/C28H32O2S/c1-16-17(2)25-14-19(16)12-21(25)15-26(29)30-28(3,4)22-9-10-24-20(13-22)11-18-7-5-6-8-23(18)27(24)31/h5-11,13,16-17,19,21,25,31H,12,14-15H2,1-4H3. The molecule has 0 N–H and O–H groups in total. The minimum absolute atomic E-state index is 0.0594. The highest BCUT2D eigenvalue weighted by atomic mass is 32.1. The van der Waals surface area contributed by atoms with E-state index in [-0.39, 0.29) is 5.97 Å². The summed E-state index contributed by atoms with van der Waals surface area (Å²) in [5, 5.41) is 4.58. The van der Waals surface area contributed by atoms with Crippen molar-refractivity contribution >= 4 is 40.1 Å². The van der Waals surface area contributed by atoms with Crippen LogP contribution in [0.3, 0.4) is 0 Å². The molecule has 31 heavy (non-hydrogen) atoms. The minimum atomic E-state index is -0.662. The van der Waals surface area contributed by atoms with Gasteiger partial charge in [-0.25, -0.2) is 0 Å². The van der Waals surface area contributed by atoms with E-state index in [2.05, 4.69) is 50.2 Å². The third-order valence-corrected chi connectivity index (χ3v) is 8.84. The Balaban J connectivity index is 1.36. The second-order valence-electron chi connectivity index (χ2n) is 10.4. The van der Waals surface area contributed by atoms with Crippen LogP contribution >= 0.6 is 12.6 Å². The topological polar surface area (TPSA) is 26.3 Å². The Kier molecular flexibility index (Phi) is 5.08. The van der Waals surface area contributed by atoms with Gasteiger partial charge < -0.3 is 4.74 Å². The Morgan fingerprint density at radius 2 is 1.74 bits per heavy atom. The highest BCUT2D eigenvalue weighted by Gasteiger charge is 2.49. The molecule has 2 nitrogen and oxygen atoms in total. The second kappa shape index (κ2) is 7.55. The number of fused-ring (bicyclic) bond motifs is 4. The smallest absolute Gasteiger partial charge is 0.306 e. The van der Waals surface area contributed by atoms with Crippen LogP contribution in [0.4, 0.5) is 0 Å². The van der Waals surface area contributed by atoms with Gasteiger partial charge in [0.25, 0.3) is 0 Å². The van der Waals surface area contributed by atoms with Gasteiger partial charge in [0.2, 0.25) is 0 Å². The zero-order chi connectivity index (χ0) is 21.9. The van der Waals surface area contributed by atoms with Crippen LogP contribution in [0.2, 0.25) is 0 Å². The van der Waals surface area contributed by atoms with Crippen molar-refractivity contribution in [2.75, 3.05) is 0 Å². The summed E-state index contributed by atoms with van der Waals surface area (Å²) in [6.45, 7) is 8.75. The number of carbonyl (C=O) groups excluding carboxylic acids is 1. The molecule has 5 unspecified atom stereocenters. The van der Waals surface area contributed by atoms with Crippen molar-refractivity contribution in [2.45, 2.75) is 57.5 Å². The van der Waals surface area contributed by atoms with Gasteiger partial charge in [0.1, 0.15) is 5.60 Å². The molecular weight excluding hydrogens is 400 g/mol. The van der Waals surface area contributed by atoms with Crippen molar-refractivity contribution in [1.29, 1.82) is 0 Å². The zero-order valence-corrected chi connectivity index (χ0v) is 19.8. The maximum atomic E-state index is 12.9. The molecule has 0 saturated heterocycles. The lowest BCUT2D eigenvalue weighted by Gasteiger charge is -2.32. The summed E-state index contributed by atoms with van der Waals surface area (Å²) in [4.78, 5) is 13.9. The van der Waals surface area contributed by atoms with Gasteiger partial charge in [-0.15, -0.1) is 12.6 Å². The molecular formula is C28H32O2S. The Labute approximate surface area is 190 Å². The lowest BCUT2D eigenvalue weighted by Crippen LogP contribution is -2.30. The lowest BCUT2D eigenvalue weighted by atomic mass is 9.74. The van der Waals surface area contributed by atoms with Crippen LogP contribution in [0.5, 0.6) is 0 Å². The molecule has 3 aromatic carbocycles. The zero-order valence-electron chi connectivity index (χ0n) is 18.9. The van der Waals surface area contributed by atoms with Crippen LogP contribution < -0.4 is 0 Å². The van der Waals surface area contributed by atoms with Gasteiger partial charge in [-0.05, 0) is 95.5 Å². The molecule has 2 aliphatic rings. The molecule has 2 saturated carbocycles. The van der Waals surface area contributed by atoms with Gasteiger partial charge in [-0.3, -0.25) is 4.79 Å². The maximum absolute atomic E-state index is 12.9. The van der Waals surface area contributed by atoms with E-state index in [4.69, 9.17) is 17.4 Å². The fourth-order valence-corrected chi connectivity index (χ4v) is 6.76. The molecule has 0 radical (unpaired) electrons. The number of carbonyl (C=O) groups is 1. The average molecular weight is 433 g/mol. The van der Waals surface area contributed by atoms with Crippen molar-refractivity contribution in [3.8, 4) is 0 Å². The van der Waals surface area contributed by atoms with E-state index < -0.39 is 5.60 Å². The number of ether oxygens (including phenoxy) is 1. The van der Waals surface area contributed by atoms with Crippen LogP contribution in [0.25, 0.3) is 21.5 Å². The van der Waals surface area contributed by atoms with E-state index in [0.717, 1.165) is 44.4 Å². The minimum Gasteiger partial charge on any atom is -0.455 e. The molecule has 5 atom stereocenters. The van der Waals surface area contributed by atoms with Crippen molar-refractivity contribution < 1.29 is 9.53 Å². The van der Waals surface area contributed by atoms with Crippen LogP contribution in [-0.2, 0) is 15.1 Å². The molecule has 0 amide bonds. The molecule has 0 heterocycles. The SMILES string of the molecule is CC1C2CC(CC(=O)OC(C)(C)c3ccc4c(S)c5ccccc5cc4c3)C(C2)C1C. The van der Waals surface area contributed by atoms with Crippen molar-refractivity contribution in [2.24, 2.45) is 29.6 Å². The van der Waals surface area contributed by atoms with E-state index in [9.17, 15) is 4.79 Å². The van der Waals surface area contributed by atoms with E-state index in [1.807, 2.05) is 26.0 Å². The Morgan fingerprint density at radius 3 is 2.48 bits per heavy atom. The Bertz CT molecular complexity index is 1160. The van der Waals surface area contributed by atoms with E-state index in [1.165, 1.54) is 18.2 Å². The van der Waals surface area contributed by atoms with Gasteiger partial charge in [0.15, 0.2) is 0 Å². The molecule has 2 aliphatic carbocycles.